The average molecular weight is 230 g/mol. The number of hydroxylamine groups is 1. The van der Waals surface area contributed by atoms with Crippen molar-refractivity contribution in [1.29, 1.82) is 0 Å². The molecule has 0 atom stereocenters. The summed E-state index contributed by atoms with van der Waals surface area (Å²) < 4.78 is 34.7. The molecule has 0 spiro atoms. The summed E-state index contributed by atoms with van der Waals surface area (Å²) >= 11 is 0. The van der Waals surface area contributed by atoms with Crippen molar-refractivity contribution < 1.29 is 32.7 Å². The molecule has 0 aromatic carbocycles. The number of nitrogens with one attached hydrogen (secondary N) is 2. The molecule has 0 unspecified atom stereocenters. The minimum atomic E-state index is -4.35. The van der Waals surface area contributed by atoms with E-state index in [-0.39, 0.29) is 0 Å². The van der Waals surface area contributed by atoms with E-state index in [2.05, 4.69) is 4.84 Å². The van der Waals surface area contributed by atoms with Gasteiger partial charge >= 0.3 is 18.2 Å². The summed E-state index contributed by atoms with van der Waals surface area (Å²) in [7, 11) is 0. The molecule has 0 radical (unpaired) electrons. The number of carbonyl (C=O) groups is 2. The SMILES string of the molecule is O=C(O)CONC(=O)NCCC(F)(F)F. The molecular formula is C6H9F3N2O4. The molecule has 0 heterocycles. The van der Waals surface area contributed by atoms with Gasteiger partial charge in [-0.05, 0) is 0 Å². The molecule has 9 heteroatoms. The van der Waals surface area contributed by atoms with Crippen LogP contribution in [0.5, 0.6) is 0 Å². The lowest BCUT2D eigenvalue weighted by molar-refractivity contribution is -0.144. The van der Waals surface area contributed by atoms with Gasteiger partial charge in [0.2, 0.25) is 0 Å². The summed E-state index contributed by atoms with van der Waals surface area (Å²) in [6.45, 7) is -1.38. The zero-order chi connectivity index (χ0) is 11.9. The predicted molar refractivity (Wildman–Crippen MR) is 40.8 cm³/mol. The van der Waals surface area contributed by atoms with Crippen LogP contribution in [0.1, 0.15) is 6.42 Å². The molecule has 0 fully saturated rings. The van der Waals surface area contributed by atoms with Crippen LogP contribution in [-0.2, 0) is 9.63 Å². The van der Waals surface area contributed by atoms with Crippen LogP contribution < -0.4 is 10.8 Å². The highest BCUT2D eigenvalue weighted by atomic mass is 19.4. The van der Waals surface area contributed by atoms with E-state index < -0.39 is 37.7 Å². The van der Waals surface area contributed by atoms with Crippen molar-refractivity contribution in [3.05, 3.63) is 0 Å². The van der Waals surface area contributed by atoms with Gasteiger partial charge in [0, 0.05) is 6.54 Å². The maximum Gasteiger partial charge on any atom is 0.390 e. The van der Waals surface area contributed by atoms with E-state index in [0.717, 1.165) is 0 Å². The second-order valence-electron chi connectivity index (χ2n) is 2.41. The van der Waals surface area contributed by atoms with Gasteiger partial charge in [-0.25, -0.2) is 15.1 Å². The van der Waals surface area contributed by atoms with E-state index in [4.69, 9.17) is 5.11 Å². The largest absolute Gasteiger partial charge is 0.479 e. The van der Waals surface area contributed by atoms with E-state index in [0.29, 0.717) is 0 Å². The van der Waals surface area contributed by atoms with Gasteiger partial charge in [0.15, 0.2) is 6.61 Å². The van der Waals surface area contributed by atoms with E-state index in [1.807, 2.05) is 5.32 Å². The predicted octanol–water partition coefficient (Wildman–Crippen LogP) is 0.254. The molecule has 0 aliphatic carbocycles. The number of hydrogen-bond acceptors (Lipinski definition) is 3. The number of alkyl halides is 3. The topological polar surface area (TPSA) is 87.7 Å². The number of amides is 2. The minimum Gasteiger partial charge on any atom is -0.479 e. The first-order valence-corrected chi connectivity index (χ1v) is 3.75. The number of aliphatic carboxylic acids is 1. The highest BCUT2D eigenvalue weighted by molar-refractivity contribution is 5.73. The Morgan fingerprint density at radius 3 is 2.40 bits per heavy atom. The van der Waals surface area contributed by atoms with Gasteiger partial charge in [-0.15, -0.1) is 0 Å². The van der Waals surface area contributed by atoms with Crippen LogP contribution in [0, 0.1) is 0 Å². The Labute approximate surface area is 82.3 Å². The summed E-state index contributed by atoms with van der Waals surface area (Å²) in [6, 6.07) is -1.03. The van der Waals surface area contributed by atoms with Crippen LogP contribution in [0.3, 0.4) is 0 Å². The summed E-state index contributed by atoms with van der Waals surface area (Å²) in [5.74, 6) is -1.31. The summed E-state index contributed by atoms with van der Waals surface area (Å²) in [5, 5.41) is 9.89. The Kier molecular flexibility index (Phi) is 5.45. The van der Waals surface area contributed by atoms with E-state index in [9.17, 15) is 22.8 Å². The summed E-state index contributed by atoms with van der Waals surface area (Å²) in [6.07, 6.45) is -5.52. The molecule has 0 saturated carbocycles. The molecule has 2 amide bonds. The number of urea groups is 1. The van der Waals surface area contributed by atoms with Gasteiger partial charge in [-0.1, -0.05) is 0 Å². The molecule has 15 heavy (non-hydrogen) atoms. The lowest BCUT2D eigenvalue weighted by atomic mass is 10.4. The molecule has 0 aliphatic rings. The lowest BCUT2D eigenvalue weighted by Crippen LogP contribution is -2.38. The van der Waals surface area contributed by atoms with E-state index in [1.165, 1.54) is 0 Å². The van der Waals surface area contributed by atoms with Crippen LogP contribution in [0.25, 0.3) is 0 Å². The Bertz CT molecular complexity index is 231. The smallest absolute Gasteiger partial charge is 0.390 e. The first kappa shape index (κ1) is 13.5. The fourth-order valence-corrected chi connectivity index (χ4v) is 0.517. The molecular weight excluding hydrogens is 221 g/mol. The second-order valence-corrected chi connectivity index (χ2v) is 2.41. The van der Waals surface area contributed by atoms with Gasteiger partial charge < -0.3 is 10.4 Å². The maximum atomic E-state index is 11.6. The first-order chi connectivity index (χ1) is 6.81. The normalized spacial score (nSPS) is 10.9. The second kappa shape index (κ2) is 6.06. The summed E-state index contributed by atoms with van der Waals surface area (Å²) in [5.41, 5.74) is 1.60. The Morgan fingerprint density at radius 1 is 1.33 bits per heavy atom. The van der Waals surface area contributed by atoms with Gasteiger partial charge in [-0.2, -0.15) is 13.2 Å². The van der Waals surface area contributed by atoms with Crippen LogP contribution in [0.4, 0.5) is 18.0 Å². The van der Waals surface area contributed by atoms with Crippen molar-refractivity contribution in [2.75, 3.05) is 13.2 Å². The molecule has 0 aromatic rings. The van der Waals surface area contributed by atoms with Crippen molar-refractivity contribution >= 4 is 12.0 Å². The van der Waals surface area contributed by atoms with Gasteiger partial charge in [0.1, 0.15) is 0 Å². The average Bonchev–Trinajstić information content (AvgIpc) is 2.00. The fraction of sp³-hybridized carbons (Fsp3) is 0.667. The third-order valence-corrected chi connectivity index (χ3v) is 1.05. The number of halogens is 3. The molecule has 0 saturated heterocycles. The summed E-state index contributed by atoms with van der Waals surface area (Å²) in [4.78, 5) is 24.6. The number of carboxylic acid groups (broad SMARTS) is 1. The van der Waals surface area contributed by atoms with Crippen molar-refractivity contribution in [3.8, 4) is 0 Å². The fourth-order valence-electron chi connectivity index (χ4n) is 0.517. The zero-order valence-electron chi connectivity index (χ0n) is 7.43. The molecule has 0 rings (SSSR count). The molecule has 0 bridgehead atoms. The van der Waals surface area contributed by atoms with Gasteiger partial charge in [0.05, 0.1) is 6.42 Å². The van der Waals surface area contributed by atoms with Crippen LogP contribution >= 0.6 is 0 Å². The highest BCUT2D eigenvalue weighted by Crippen LogP contribution is 2.17. The Morgan fingerprint density at radius 2 is 1.93 bits per heavy atom. The monoisotopic (exact) mass is 230 g/mol. The first-order valence-electron chi connectivity index (χ1n) is 3.75. The van der Waals surface area contributed by atoms with Crippen molar-refractivity contribution in [2.24, 2.45) is 0 Å². The Hall–Kier alpha value is -1.51. The highest BCUT2D eigenvalue weighted by Gasteiger charge is 2.26. The molecule has 0 aliphatic heterocycles. The molecule has 3 N–H and O–H groups in total. The minimum absolute atomic E-state index is 0.605. The van der Waals surface area contributed by atoms with Crippen molar-refractivity contribution in [2.45, 2.75) is 12.6 Å². The van der Waals surface area contributed by atoms with Crippen molar-refractivity contribution in [3.63, 3.8) is 0 Å². The third-order valence-electron chi connectivity index (χ3n) is 1.05. The number of carbonyl (C=O) groups excluding carboxylic acids is 1. The van der Waals surface area contributed by atoms with Gasteiger partial charge in [0.25, 0.3) is 0 Å². The number of hydrogen-bond donors (Lipinski definition) is 3. The number of carboxylic acids is 1. The van der Waals surface area contributed by atoms with E-state index in [1.54, 1.807) is 5.48 Å². The van der Waals surface area contributed by atoms with E-state index >= 15 is 0 Å². The van der Waals surface area contributed by atoms with Crippen LogP contribution in [0.2, 0.25) is 0 Å². The third kappa shape index (κ3) is 10.4. The molecule has 6 nitrogen and oxygen atoms in total. The molecule has 0 aromatic heterocycles. The zero-order valence-corrected chi connectivity index (χ0v) is 7.43. The maximum absolute atomic E-state index is 11.6. The van der Waals surface area contributed by atoms with Crippen LogP contribution in [0.15, 0.2) is 0 Å². The number of rotatable bonds is 5. The van der Waals surface area contributed by atoms with Crippen LogP contribution in [-0.4, -0.2) is 36.4 Å². The quantitative estimate of drug-likeness (QED) is 0.591. The lowest BCUT2D eigenvalue weighted by Gasteiger charge is -2.08. The van der Waals surface area contributed by atoms with Gasteiger partial charge in [-0.3, -0.25) is 4.84 Å². The Balaban J connectivity index is 3.46. The standard InChI is InChI=1S/C6H9F3N2O4/c7-6(8,9)1-2-10-5(14)11-15-3-4(12)13/h1-3H2,(H,12,13)(H2,10,11,14). The van der Waals surface area contributed by atoms with Crippen molar-refractivity contribution in [1.82, 2.24) is 10.8 Å². The molecule has 88 valence electrons.